The van der Waals surface area contributed by atoms with Crippen LogP contribution in [-0.4, -0.2) is 28.3 Å². The number of aliphatic carboxylic acids is 1. The summed E-state index contributed by atoms with van der Waals surface area (Å²) in [7, 11) is 0. The molecular weight excluding hydrogens is 643 g/mol. The van der Waals surface area contributed by atoms with Crippen molar-refractivity contribution in [1.82, 2.24) is 5.32 Å². The molecule has 0 heterocycles. The van der Waals surface area contributed by atoms with E-state index in [0.29, 0.717) is 21.6 Å². The molecular formula is C43H37NO3S2. The van der Waals surface area contributed by atoms with Gasteiger partial charge >= 0.3 is 5.97 Å². The summed E-state index contributed by atoms with van der Waals surface area (Å²) < 4.78 is 0. The summed E-state index contributed by atoms with van der Waals surface area (Å²) in [5.41, 5.74) is 0.376. The lowest BCUT2D eigenvalue weighted by Crippen LogP contribution is -2.69. The molecule has 0 aliphatic heterocycles. The average molecular weight is 680 g/mol. The van der Waals surface area contributed by atoms with Crippen LogP contribution in [0.1, 0.15) is 39.8 Å². The van der Waals surface area contributed by atoms with Gasteiger partial charge in [0.2, 0.25) is 5.91 Å². The van der Waals surface area contributed by atoms with Crippen molar-refractivity contribution in [3.63, 3.8) is 0 Å². The van der Waals surface area contributed by atoms with Crippen molar-refractivity contribution in [2.24, 2.45) is 0 Å². The van der Waals surface area contributed by atoms with E-state index in [0.717, 1.165) is 16.7 Å². The Kier molecular flexibility index (Phi) is 10.1. The highest BCUT2D eigenvalue weighted by atomic mass is 32.1. The summed E-state index contributed by atoms with van der Waals surface area (Å²) in [4.78, 5) is 29.9. The van der Waals surface area contributed by atoms with E-state index in [-0.39, 0.29) is 12.2 Å². The molecule has 1 unspecified atom stereocenters. The molecule has 244 valence electrons. The van der Waals surface area contributed by atoms with E-state index < -0.39 is 28.2 Å². The van der Waals surface area contributed by atoms with Crippen LogP contribution in [0.3, 0.4) is 0 Å². The molecule has 0 saturated heterocycles. The minimum absolute atomic E-state index is 0.101. The summed E-state index contributed by atoms with van der Waals surface area (Å²) in [6.07, 6.45) is -0.101. The van der Waals surface area contributed by atoms with Gasteiger partial charge in [-0.1, -0.05) is 170 Å². The summed E-state index contributed by atoms with van der Waals surface area (Å²) in [5.74, 6) is -1.86. The standard InChI is InChI=1S/C43H37NO3S2/c45-39(30-41(32-18-6-1-7-19-32,33-20-8-2-9-21-33)37-28-16-17-29-38(37)49)44-42(31-48,40(46)47)43(34-22-10-3-11-23-34,35-24-12-4-13-25-35)36-26-14-5-15-27-36/h1-29,48-49H,30-31H2,(H,44,45)(H,46,47). The molecule has 0 spiro atoms. The third kappa shape index (κ3) is 5.96. The number of hydrogen-bond donors (Lipinski definition) is 4. The Morgan fingerprint density at radius 1 is 0.531 bits per heavy atom. The molecule has 0 aromatic heterocycles. The van der Waals surface area contributed by atoms with E-state index in [9.17, 15) is 9.90 Å². The molecule has 6 heteroatoms. The molecule has 0 saturated carbocycles. The molecule has 6 rings (SSSR count). The number of thiol groups is 2. The highest BCUT2D eigenvalue weighted by Crippen LogP contribution is 2.50. The molecule has 4 nitrogen and oxygen atoms in total. The molecule has 6 aromatic rings. The van der Waals surface area contributed by atoms with Crippen LogP contribution in [0.2, 0.25) is 0 Å². The van der Waals surface area contributed by atoms with Gasteiger partial charge in [-0.25, -0.2) is 4.79 Å². The first-order valence-electron chi connectivity index (χ1n) is 16.1. The number of carbonyl (C=O) groups is 2. The van der Waals surface area contributed by atoms with Crippen LogP contribution in [0.15, 0.2) is 181 Å². The Labute approximate surface area is 298 Å². The van der Waals surface area contributed by atoms with Gasteiger partial charge in [-0.3, -0.25) is 4.79 Å². The monoisotopic (exact) mass is 679 g/mol. The van der Waals surface area contributed by atoms with E-state index in [2.05, 4.69) is 5.32 Å². The first kappa shape index (κ1) is 33.8. The first-order chi connectivity index (χ1) is 23.9. The summed E-state index contributed by atoms with van der Waals surface area (Å²) in [5, 5.41) is 14.7. The topological polar surface area (TPSA) is 66.4 Å². The number of nitrogens with one attached hydrogen (secondary N) is 1. The molecule has 1 amide bonds. The minimum Gasteiger partial charge on any atom is -0.479 e. The van der Waals surface area contributed by atoms with Crippen molar-refractivity contribution in [3.05, 3.63) is 209 Å². The quantitative estimate of drug-likeness (QED) is 0.0774. The Morgan fingerprint density at radius 3 is 1.22 bits per heavy atom. The molecule has 0 aliphatic carbocycles. The number of carboxylic acids is 1. The van der Waals surface area contributed by atoms with Crippen LogP contribution >= 0.6 is 25.3 Å². The molecule has 6 aromatic carbocycles. The SMILES string of the molecule is O=C(CC(c1ccccc1)(c1ccccc1)c1ccccc1S)NC(CS)(C(=O)O)C(c1ccccc1)(c1ccccc1)c1ccccc1. The Morgan fingerprint density at radius 2 is 0.878 bits per heavy atom. The normalized spacial score (nSPS) is 12.9. The third-order valence-corrected chi connectivity index (χ3v) is 10.4. The van der Waals surface area contributed by atoms with Gasteiger partial charge in [0.25, 0.3) is 0 Å². The van der Waals surface area contributed by atoms with Crippen LogP contribution in [-0.2, 0) is 20.4 Å². The van der Waals surface area contributed by atoms with Crippen molar-refractivity contribution in [1.29, 1.82) is 0 Å². The van der Waals surface area contributed by atoms with Gasteiger partial charge in [-0.2, -0.15) is 12.6 Å². The van der Waals surface area contributed by atoms with E-state index in [1.807, 2.05) is 176 Å². The Bertz CT molecular complexity index is 1870. The van der Waals surface area contributed by atoms with E-state index in [1.165, 1.54) is 0 Å². The lowest BCUT2D eigenvalue weighted by Gasteiger charge is -2.49. The van der Waals surface area contributed by atoms with Crippen LogP contribution in [0.25, 0.3) is 0 Å². The maximum Gasteiger partial charge on any atom is 0.331 e. The lowest BCUT2D eigenvalue weighted by atomic mass is 9.57. The largest absolute Gasteiger partial charge is 0.479 e. The molecule has 2 N–H and O–H groups in total. The van der Waals surface area contributed by atoms with Crippen LogP contribution < -0.4 is 5.32 Å². The zero-order valence-electron chi connectivity index (χ0n) is 26.8. The van der Waals surface area contributed by atoms with Gasteiger partial charge in [0, 0.05) is 17.1 Å². The molecule has 0 radical (unpaired) electrons. The van der Waals surface area contributed by atoms with Crippen LogP contribution in [0.4, 0.5) is 0 Å². The minimum atomic E-state index is -1.95. The highest BCUT2D eigenvalue weighted by molar-refractivity contribution is 7.80. The van der Waals surface area contributed by atoms with Crippen LogP contribution in [0, 0.1) is 0 Å². The smallest absolute Gasteiger partial charge is 0.331 e. The molecule has 0 bridgehead atoms. The second-order valence-electron chi connectivity index (χ2n) is 12.1. The summed E-state index contributed by atoms with van der Waals surface area (Å²) in [6.45, 7) is 0. The van der Waals surface area contributed by atoms with Gasteiger partial charge < -0.3 is 10.4 Å². The van der Waals surface area contributed by atoms with Gasteiger partial charge in [0.05, 0.1) is 10.8 Å². The van der Waals surface area contributed by atoms with Crippen molar-refractivity contribution in [2.45, 2.75) is 27.7 Å². The average Bonchev–Trinajstić information content (AvgIpc) is 3.16. The maximum atomic E-state index is 15.1. The van der Waals surface area contributed by atoms with Gasteiger partial charge in [0.1, 0.15) is 0 Å². The van der Waals surface area contributed by atoms with Gasteiger partial charge in [0.15, 0.2) is 5.54 Å². The molecule has 1 atom stereocenters. The number of carbonyl (C=O) groups excluding carboxylic acids is 1. The summed E-state index contributed by atoms with van der Waals surface area (Å²) in [6, 6.07) is 56.0. The molecule has 49 heavy (non-hydrogen) atoms. The molecule has 0 aliphatic rings. The van der Waals surface area contributed by atoms with E-state index in [4.69, 9.17) is 25.3 Å². The van der Waals surface area contributed by atoms with Crippen molar-refractivity contribution in [2.75, 3.05) is 5.75 Å². The Balaban J connectivity index is 1.62. The van der Waals surface area contributed by atoms with Crippen molar-refractivity contribution < 1.29 is 14.7 Å². The number of carboxylic acid groups (broad SMARTS) is 1. The van der Waals surface area contributed by atoms with Crippen molar-refractivity contribution in [3.8, 4) is 0 Å². The number of benzene rings is 6. The van der Waals surface area contributed by atoms with Gasteiger partial charge in [-0.15, -0.1) is 12.6 Å². The summed E-state index contributed by atoms with van der Waals surface area (Å²) >= 11 is 9.69. The predicted molar refractivity (Wildman–Crippen MR) is 203 cm³/mol. The van der Waals surface area contributed by atoms with Crippen molar-refractivity contribution >= 4 is 37.1 Å². The predicted octanol–water partition coefficient (Wildman–Crippen LogP) is 8.60. The lowest BCUT2D eigenvalue weighted by molar-refractivity contribution is -0.148. The fraction of sp³-hybridized carbons (Fsp3) is 0.116. The Hall–Kier alpha value is -5.04. The van der Waals surface area contributed by atoms with E-state index >= 15 is 4.79 Å². The fourth-order valence-electron chi connectivity index (χ4n) is 7.42. The second kappa shape index (κ2) is 14.6. The highest BCUT2D eigenvalue weighted by Gasteiger charge is 2.60. The van der Waals surface area contributed by atoms with Crippen LogP contribution in [0.5, 0.6) is 0 Å². The number of hydrogen-bond acceptors (Lipinski definition) is 4. The van der Waals surface area contributed by atoms with E-state index in [1.54, 1.807) is 0 Å². The number of rotatable bonds is 12. The first-order valence-corrected chi connectivity index (χ1v) is 17.2. The maximum absolute atomic E-state index is 15.1. The number of amides is 1. The second-order valence-corrected chi connectivity index (χ2v) is 12.9. The third-order valence-electron chi connectivity index (χ3n) is 9.54. The zero-order chi connectivity index (χ0) is 34.3. The van der Waals surface area contributed by atoms with Gasteiger partial charge in [-0.05, 0) is 39.4 Å². The fourth-order valence-corrected chi connectivity index (χ4v) is 8.22. The molecule has 0 fully saturated rings. The zero-order valence-corrected chi connectivity index (χ0v) is 28.6.